The highest BCUT2D eigenvalue weighted by atomic mass is 35.5. The second-order valence-electron chi connectivity index (χ2n) is 5.79. The number of carbonyl (C=O) groups excluding carboxylic acids is 4. The molecule has 0 aliphatic rings. The molecule has 4 N–H and O–H groups in total. The molecular weight excluding hydrogens is 419 g/mol. The summed E-state index contributed by atoms with van der Waals surface area (Å²) in [7, 11) is 1.50. The van der Waals surface area contributed by atoms with E-state index in [-0.39, 0.29) is 29.6 Å². The van der Waals surface area contributed by atoms with E-state index in [0.717, 1.165) is 0 Å². The third-order valence-electron chi connectivity index (χ3n) is 3.67. The summed E-state index contributed by atoms with van der Waals surface area (Å²) in [6.07, 6.45) is 0. The van der Waals surface area contributed by atoms with Crippen molar-refractivity contribution in [3.05, 3.63) is 63.6 Å². The van der Waals surface area contributed by atoms with Crippen LogP contribution in [0, 0.1) is 0 Å². The van der Waals surface area contributed by atoms with E-state index in [2.05, 4.69) is 21.3 Å². The fourth-order valence-corrected chi connectivity index (χ4v) is 2.75. The maximum atomic E-state index is 12.0. The highest BCUT2D eigenvalue weighted by Crippen LogP contribution is 2.20. The molecule has 29 heavy (non-hydrogen) atoms. The van der Waals surface area contributed by atoms with Crippen molar-refractivity contribution in [3.63, 3.8) is 0 Å². The second kappa shape index (κ2) is 10.4. The molecule has 8 nitrogen and oxygen atoms in total. The molecule has 0 bridgehead atoms. The SMILES string of the molecule is CNC(=O)c1cccc(NC(=O)CNC(=O)CNC(=O)c2ccc(Cl)cc2Cl)c1. The smallest absolute Gasteiger partial charge is 0.253 e. The summed E-state index contributed by atoms with van der Waals surface area (Å²) in [5.41, 5.74) is 0.978. The lowest BCUT2D eigenvalue weighted by molar-refractivity contribution is -0.123. The predicted molar refractivity (Wildman–Crippen MR) is 110 cm³/mol. The Balaban J connectivity index is 1.79. The average molecular weight is 437 g/mol. The van der Waals surface area contributed by atoms with Gasteiger partial charge < -0.3 is 21.3 Å². The first-order valence-electron chi connectivity index (χ1n) is 8.42. The zero-order chi connectivity index (χ0) is 21.4. The Morgan fingerprint density at radius 3 is 2.28 bits per heavy atom. The molecule has 0 heterocycles. The molecule has 0 saturated carbocycles. The molecular formula is C19H18Cl2N4O4. The van der Waals surface area contributed by atoms with E-state index in [9.17, 15) is 19.2 Å². The molecule has 152 valence electrons. The maximum absolute atomic E-state index is 12.0. The number of nitrogens with one attached hydrogen (secondary N) is 4. The molecule has 0 spiro atoms. The van der Waals surface area contributed by atoms with Crippen molar-refractivity contribution < 1.29 is 19.2 Å². The van der Waals surface area contributed by atoms with Gasteiger partial charge in [-0.15, -0.1) is 0 Å². The van der Waals surface area contributed by atoms with Gasteiger partial charge in [0.2, 0.25) is 11.8 Å². The van der Waals surface area contributed by atoms with Gasteiger partial charge in [0, 0.05) is 23.3 Å². The predicted octanol–water partition coefficient (Wildman–Crippen LogP) is 1.84. The zero-order valence-corrected chi connectivity index (χ0v) is 16.9. The molecule has 0 radical (unpaired) electrons. The fourth-order valence-electron chi connectivity index (χ4n) is 2.26. The van der Waals surface area contributed by atoms with E-state index in [1.54, 1.807) is 18.2 Å². The highest BCUT2D eigenvalue weighted by molar-refractivity contribution is 6.36. The van der Waals surface area contributed by atoms with Crippen LogP contribution in [0.4, 0.5) is 5.69 Å². The third kappa shape index (κ3) is 6.78. The summed E-state index contributed by atoms with van der Waals surface area (Å²) >= 11 is 11.7. The first kappa shape index (κ1) is 22.2. The highest BCUT2D eigenvalue weighted by Gasteiger charge is 2.13. The molecule has 10 heteroatoms. The number of carbonyl (C=O) groups is 4. The van der Waals surface area contributed by atoms with Crippen molar-refractivity contribution in [2.75, 3.05) is 25.5 Å². The maximum Gasteiger partial charge on any atom is 0.253 e. The van der Waals surface area contributed by atoms with Gasteiger partial charge in [-0.2, -0.15) is 0 Å². The monoisotopic (exact) mass is 436 g/mol. The molecule has 0 aromatic heterocycles. The number of benzene rings is 2. The minimum Gasteiger partial charge on any atom is -0.355 e. The Kier molecular flexibility index (Phi) is 7.99. The van der Waals surface area contributed by atoms with Crippen molar-refractivity contribution in [2.45, 2.75) is 0 Å². The Bertz CT molecular complexity index is 950. The standard InChI is InChI=1S/C19H18Cl2N4O4/c1-22-18(28)11-3-2-4-13(7-11)25-17(27)10-23-16(26)9-24-19(29)14-6-5-12(20)8-15(14)21/h2-8H,9-10H2,1H3,(H,22,28)(H,23,26)(H,24,29)(H,25,27). The normalized spacial score (nSPS) is 10.0. The summed E-state index contributed by atoms with van der Waals surface area (Å²) in [6, 6.07) is 10.7. The largest absolute Gasteiger partial charge is 0.355 e. The van der Waals surface area contributed by atoms with Gasteiger partial charge in [-0.25, -0.2) is 0 Å². The molecule has 0 aliphatic carbocycles. The van der Waals surface area contributed by atoms with Crippen LogP contribution in [0.2, 0.25) is 10.0 Å². The van der Waals surface area contributed by atoms with Crippen LogP contribution in [0.3, 0.4) is 0 Å². The minimum absolute atomic E-state index is 0.161. The molecule has 0 aliphatic heterocycles. The summed E-state index contributed by atoms with van der Waals surface area (Å²) in [5, 5.41) is 10.4. The van der Waals surface area contributed by atoms with Gasteiger partial charge in [0.05, 0.1) is 23.7 Å². The second-order valence-corrected chi connectivity index (χ2v) is 6.64. The number of amides is 4. The van der Waals surface area contributed by atoms with Gasteiger partial charge in [0.15, 0.2) is 0 Å². The Morgan fingerprint density at radius 1 is 0.862 bits per heavy atom. The van der Waals surface area contributed by atoms with E-state index in [4.69, 9.17) is 23.2 Å². The van der Waals surface area contributed by atoms with Gasteiger partial charge in [0.1, 0.15) is 0 Å². The average Bonchev–Trinajstić information content (AvgIpc) is 2.70. The summed E-state index contributed by atoms with van der Waals surface area (Å²) < 4.78 is 0. The molecule has 0 unspecified atom stereocenters. The van der Waals surface area contributed by atoms with Crippen LogP contribution >= 0.6 is 23.2 Å². The van der Waals surface area contributed by atoms with Gasteiger partial charge >= 0.3 is 0 Å². The first-order chi connectivity index (χ1) is 13.8. The number of hydrogen-bond donors (Lipinski definition) is 4. The molecule has 0 saturated heterocycles. The number of halogens is 2. The van der Waals surface area contributed by atoms with E-state index in [1.807, 2.05) is 0 Å². The van der Waals surface area contributed by atoms with Gasteiger partial charge in [-0.3, -0.25) is 19.2 Å². The van der Waals surface area contributed by atoms with Crippen molar-refractivity contribution in [3.8, 4) is 0 Å². The first-order valence-corrected chi connectivity index (χ1v) is 9.17. The van der Waals surface area contributed by atoms with Crippen LogP contribution in [0.5, 0.6) is 0 Å². The summed E-state index contributed by atoms with van der Waals surface area (Å²) in [5.74, 6) is -1.87. The Hall–Kier alpha value is -3.10. The van der Waals surface area contributed by atoms with E-state index in [1.165, 1.54) is 31.3 Å². The lowest BCUT2D eigenvalue weighted by Crippen LogP contribution is -2.40. The third-order valence-corrected chi connectivity index (χ3v) is 4.21. The van der Waals surface area contributed by atoms with Crippen LogP contribution in [0.1, 0.15) is 20.7 Å². The van der Waals surface area contributed by atoms with E-state index in [0.29, 0.717) is 16.3 Å². The van der Waals surface area contributed by atoms with Crippen molar-refractivity contribution in [1.29, 1.82) is 0 Å². The number of hydrogen-bond acceptors (Lipinski definition) is 4. The van der Waals surface area contributed by atoms with Crippen LogP contribution in [-0.2, 0) is 9.59 Å². The van der Waals surface area contributed by atoms with Crippen LogP contribution in [-0.4, -0.2) is 43.8 Å². The van der Waals surface area contributed by atoms with Crippen LogP contribution in [0.25, 0.3) is 0 Å². The molecule has 2 rings (SSSR count). The molecule has 2 aromatic rings. The zero-order valence-electron chi connectivity index (χ0n) is 15.3. The molecule has 4 amide bonds. The number of anilines is 1. The Morgan fingerprint density at radius 2 is 1.59 bits per heavy atom. The van der Waals surface area contributed by atoms with Crippen molar-refractivity contribution in [1.82, 2.24) is 16.0 Å². The van der Waals surface area contributed by atoms with E-state index < -0.39 is 17.7 Å². The molecule has 0 atom stereocenters. The van der Waals surface area contributed by atoms with Gasteiger partial charge in [0.25, 0.3) is 11.8 Å². The van der Waals surface area contributed by atoms with Gasteiger partial charge in [-0.05, 0) is 36.4 Å². The van der Waals surface area contributed by atoms with Crippen LogP contribution in [0.15, 0.2) is 42.5 Å². The topological polar surface area (TPSA) is 116 Å². The van der Waals surface area contributed by atoms with E-state index >= 15 is 0 Å². The quantitative estimate of drug-likeness (QED) is 0.529. The molecule has 2 aromatic carbocycles. The molecule has 0 fully saturated rings. The lowest BCUT2D eigenvalue weighted by atomic mass is 10.2. The minimum atomic E-state index is -0.558. The fraction of sp³-hybridized carbons (Fsp3) is 0.158. The summed E-state index contributed by atoms with van der Waals surface area (Å²) in [6.45, 7) is -0.641. The van der Waals surface area contributed by atoms with Crippen LogP contribution < -0.4 is 21.3 Å². The van der Waals surface area contributed by atoms with Gasteiger partial charge in [-0.1, -0.05) is 29.3 Å². The lowest BCUT2D eigenvalue weighted by Gasteiger charge is -2.09. The Labute approximate surface area is 176 Å². The number of rotatable bonds is 7. The summed E-state index contributed by atoms with van der Waals surface area (Å²) in [4.78, 5) is 47.4. The van der Waals surface area contributed by atoms with Crippen molar-refractivity contribution >= 4 is 52.5 Å². The van der Waals surface area contributed by atoms with Crippen molar-refractivity contribution in [2.24, 2.45) is 0 Å².